The van der Waals surface area contributed by atoms with E-state index < -0.39 is 0 Å². The molecule has 2 amide bonds. The summed E-state index contributed by atoms with van der Waals surface area (Å²) >= 11 is 0. The molecule has 0 radical (unpaired) electrons. The fourth-order valence-electron chi connectivity index (χ4n) is 0.881. The van der Waals surface area contributed by atoms with E-state index in [1.807, 2.05) is 0 Å². The van der Waals surface area contributed by atoms with Crippen molar-refractivity contribution in [3.63, 3.8) is 0 Å². The number of likely N-dealkylation sites (N-methyl/N-ethyl adjacent to an activating group) is 1. The number of H-pyrrole nitrogens is 1. The Morgan fingerprint density at radius 1 is 1.60 bits per heavy atom. The number of nitrogens with one attached hydrogen (secondary N) is 2. The molecule has 0 saturated carbocycles. The van der Waals surface area contributed by atoms with E-state index in [0.29, 0.717) is 5.82 Å². The standard InChI is InChI=1S/C8H13N5O2/c1-6(14)13(2)4-8(15)9-3-7-10-5-11-12-7/h5H,3-4H2,1-2H3,(H,9,15)(H,10,11,12). The first-order valence-electron chi connectivity index (χ1n) is 4.42. The zero-order valence-corrected chi connectivity index (χ0v) is 8.65. The minimum Gasteiger partial charge on any atom is -0.347 e. The zero-order valence-electron chi connectivity index (χ0n) is 8.65. The van der Waals surface area contributed by atoms with Crippen LogP contribution in [0.1, 0.15) is 12.7 Å². The highest BCUT2D eigenvalue weighted by Crippen LogP contribution is 1.86. The van der Waals surface area contributed by atoms with Gasteiger partial charge in [0, 0.05) is 14.0 Å². The van der Waals surface area contributed by atoms with Crippen LogP contribution in [0.4, 0.5) is 0 Å². The predicted octanol–water partition coefficient (Wildman–Crippen LogP) is -1.10. The van der Waals surface area contributed by atoms with Crippen LogP contribution in [-0.2, 0) is 16.1 Å². The number of carbonyl (C=O) groups excluding carboxylic acids is 2. The van der Waals surface area contributed by atoms with Crippen molar-refractivity contribution in [2.75, 3.05) is 13.6 Å². The van der Waals surface area contributed by atoms with E-state index in [-0.39, 0.29) is 24.9 Å². The van der Waals surface area contributed by atoms with Crippen LogP contribution < -0.4 is 5.32 Å². The van der Waals surface area contributed by atoms with Gasteiger partial charge in [-0.1, -0.05) is 0 Å². The number of hydrogen-bond acceptors (Lipinski definition) is 4. The summed E-state index contributed by atoms with van der Waals surface area (Å²) in [7, 11) is 1.57. The Bertz CT molecular complexity index is 335. The van der Waals surface area contributed by atoms with Gasteiger partial charge in [0.15, 0.2) is 0 Å². The summed E-state index contributed by atoms with van der Waals surface area (Å²) in [4.78, 5) is 27.3. The topological polar surface area (TPSA) is 91.0 Å². The van der Waals surface area contributed by atoms with Gasteiger partial charge in [-0.15, -0.1) is 0 Å². The van der Waals surface area contributed by atoms with E-state index in [4.69, 9.17) is 0 Å². The maximum atomic E-state index is 11.3. The van der Waals surface area contributed by atoms with Gasteiger partial charge < -0.3 is 10.2 Å². The predicted molar refractivity (Wildman–Crippen MR) is 51.5 cm³/mol. The molecule has 0 fully saturated rings. The summed E-state index contributed by atoms with van der Waals surface area (Å²) < 4.78 is 0. The van der Waals surface area contributed by atoms with Crippen molar-refractivity contribution in [1.29, 1.82) is 0 Å². The second-order valence-corrected chi connectivity index (χ2v) is 3.08. The van der Waals surface area contributed by atoms with Crippen LogP contribution >= 0.6 is 0 Å². The highest BCUT2D eigenvalue weighted by Gasteiger charge is 2.08. The summed E-state index contributed by atoms with van der Waals surface area (Å²) in [6, 6.07) is 0. The molecule has 15 heavy (non-hydrogen) atoms. The third kappa shape index (κ3) is 3.75. The van der Waals surface area contributed by atoms with Gasteiger partial charge in [-0.2, -0.15) is 5.10 Å². The van der Waals surface area contributed by atoms with E-state index in [1.165, 1.54) is 18.2 Å². The Morgan fingerprint density at radius 2 is 2.33 bits per heavy atom. The number of amides is 2. The lowest BCUT2D eigenvalue weighted by atomic mass is 10.4. The first-order chi connectivity index (χ1) is 7.09. The number of carbonyl (C=O) groups is 2. The molecule has 0 aliphatic rings. The molecule has 2 N–H and O–H groups in total. The van der Waals surface area contributed by atoms with Crippen molar-refractivity contribution in [3.8, 4) is 0 Å². The molecule has 0 aliphatic carbocycles. The maximum absolute atomic E-state index is 11.3. The molecule has 0 unspecified atom stereocenters. The average Bonchev–Trinajstić information content (AvgIpc) is 2.66. The third-order valence-corrected chi connectivity index (χ3v) is 1.84. The zero-order chi connectivity index (χ0) is 11.3. The van der Waals surface area contributed by atoms with E-state index >= 15 is 0 Å². The number of hydrogen-bond donors (Lipinski definition) is 2. The summed E-state index contributed by atoms with van der Waals surface area (Å²) in [5.74, 6) is 0.197. The molecule has 0 aromatic carbocycles. The molecular formula is C8H13N5O2. The third-order valence-electron chi connectivity index (χ3n) is 1.84. The molecule has 1 aromatic heterocycles. The summed E-state index contributed by atoms with van der Waals surface area (Å²) in [6.45, 7) is 1.73. The lowest BCUT2D eigenvalue weighted by Crippen LogP contribution is -2.37. The minimum absolute atomic E-state index is 0.0451. The fourth-order valence-corrected chi connectivity index (χ4v) is 0.881. The quantitative estimate of drug-likeness (QED) is 0.661. The average molecular weight is 211 g/mol. The first kappa shape index (κ1) is 11.2. The first-order valence-corrected chi connectivity index (χ1v) is 4.42. The van der Waals surface area contributed by atoms with E-state index in [2.05, 4.69) is 20.5 Å². The molecule has 1 heterocycles. The van der Waals surface area contributed by atoms with Crippen LogP contribution in [0.15, 0.2) is 6.33 Å². The van der Waals surface area contributed by atoms with Crippen molar-refractivity contribution in [2.45, 2.75) is 13.5 Å². The van der Waals surface area contributed by atoms with Crippen LogP contribution in [-0.4, -0.2) is 45.5 Å². The molecule has 0 saturated heterocycles. The Labute approximate surface area is 86.9 Å². The van der Waals surface area contributed by atoms with E-state index in [1.54, 1.807) is 7.05 Å². The highest BCUT2D eigenvalue weighted by molar-refractivity contribution is 5.83. The molecule has 0 bridgehead atoms. The Hall–Kier alpha value is -1.92. The normalized spacial score (nSPS) is 9.73. The van der Waals surface area contributed by atoms with Crippen LogP contribution in [0.25, 0.3) is 0 Å². The van der Waals surface area contributed by atoms with E-state index in [9.17, 15) is 9.59 Å². The second-order valence-electron chi connectivity index (χ2n) is 3.08. The van der Waals surface area contributed by atoms with Crippen molar-refractivity contribution in [1.82, 2.24) is 25.4 Å². The van der Waals surface area contributed by atoms with Gasteiger partial charge in [0.25, 0.3) is 0 Å². The second kappa shape index (κ2) is 5.08. The maximum Gasteiger partial charge on any atom is 0.239 e. The Morgan fingerprint density at radius 3 is 2.87 bits per heavy atom. The van der Waals surface area contributed by atoms with Crippen LogP contribution in [0.2, 0.25) is 0 Å². The van der Waals surface area contributed by atoms with Crippen LogP contribution in [0.5, 0.6) is 0 Å². The lowest BCUT2D eigenvalue weighted by molar-refractivity contribution is -0.133. The van der Waals surface area contributed by atoms with Crippen LogP contribution in [0.3, 0.4) is 0 Å². The number of rotatable bonds is 4. The lowest BCUT2D eigenvalue weighted by Gasteiger charge is -2.13. The number of nitrogens with zero attached hydrogens (tertiary/aromatic N) is 3. The van der Waals surface area contributed by atoms with Crippen molar-refractivity contribution >= 4 is 11.8 Å². The molecule has 82 valence electrons. The Balaban J connectivity index is 2.28. The molecular weight excluding hydrogens is 198 g/mol. The molecule has 0 aliphatic heterocycles. The number of aromatic amines is 1. The van der Waals surface area contributed by atoms with Crippen molar-refractivity contribution in [2.24, 2.45) is 0 Å². The molecule has 7 nitrogen and oxygen atoms in total. The molecule has 1 aromatic rings. The highest BCUT2D eigenvalue weighted by atomic mass is 16.2. The van der Waals surface area contributed by atoms with Gasteiger partial charge >= 0.3 is 0 Å². The van der Waals surface area contributed by atoms with Gasteiger partial charge in [0.1, 0.15) is 12.2 Å². The van der Waals surface area contributed by atoms with Gasteiger partial charge in [0.05, 0.1) is 13.1 Å². The van der Waals surface area contributed by atoms with E-state index in [0.717, 1.165) is 0 Å². The largest absolute Gasteiger partial charge is 0.347 e. The van der Waals surface area contributed by atoms with Crippen molar-refractivity contribution in [3.05, 3.63) is 12.2 Å². The van der Waals surface area contributed by atoms with Gasteiger partial charge in [-0.05, 0) is 0 Å². The fraction of sp³-hybridized carbons (Fsp3) is 0.500. The van der Waals surface area contributed by atoms with Gasteiger partial charge in [0.2, 0.25) is 11.8 Å². The summed E-state index contributed by atoms with van der Waals surface area (Å²) in [5.41, 5.74) is 0. The van der Waals surface area contributed by atoms with Crippen molar-refractivity contribution < 1.29 is 9.59 Å². The smallest absolute Gasteiger partial charge is 0.239 e. The number of aromatic nitrogens is 3. The van der Waals surface area contributed by atoms with Crippen LogP contribution in [0, 0.1) is 0 Å². The summed E-state index contributed by atoms with van der Waals surface area (Å²) in [6.07, 6.45) is 1.36. The molecule has 1 rings (SSSR count). The molecule has 0 spiro atoms. The molecule has 0 atom stereocenters. The van der Waals surface area contributed by atoms with Gasteiger partial charge in [-0.3, -0.25) is 14.7 Å². The monoisotopic (exact) mass is 211 g/mol. The Kier molecular flexibility index (Phi) is 3.78. The molecule has 7 heteroatoms. The van der Waals surface area contributed by atoms with Gasteiger partial charge in [-0.25, -0.2) is 4.98 Å². The minimum atomic E-state index is -0.232. The SMILES string of the molecule is CC(=O)N(C)CC(=O)NCc1ncn[nH]1. The summed E-state index contributed by atoms with van der Waals surface area (Å²) in [5, 5.41) is 8.85.